The SMILES string of the molecule is CNC(=O)C1CCCCN1Cc1ccnc(NC)c1. The first-order chi connectivity index (χ1) is 9.24. The van der Waals surface area contributed by atoms with Gasteiger partial charge in [0.15, 0.2) is 0 Å². The Morgan fingerprint density at radius 3 is 3.05 bits per heavy atom. The molecule has 2 rings (SSSR count). The minimum absolute atomic E-state index is 0.00458. The van der Waals surface area contributed by atoms with Crippen molar-refractivity contribution in [1.82, 2.24) is 15.2 Å². The molecule has 1 aliphatic heterocycles. The van der Waals surface area contributed by atoms with Gasteiger partial charge in [0.25, 0.3) is 0 Å². The number of amides is 1. The van der Waals surface area contributed by atoms with Crippen LogP contribution in [0.2, 0.25) is 0 Å². The highest BCUT2D eigenvalue weighted by molar-refractivity contribution is 5.81. The summed E-state index contributed by atoms with van der Waals surface area (Å²) < 4.78 is 0. The van der Waals surface area contributed by atoms with Crippen molar-refractivity contribution in [3.8, 4) is 0 Å². The molecule has 0 bridgehead atoms. The second kappa shape index (κ2) is 6.52. The molecule has 2 N–H and O–H groups in total. The Labute approximate surface area is 114 Å². The zero-order chi connectivity index (χ0) is 13.7. The van der Waals surface area contributed by atoms with Crippen LogP contribution in [0, 0.1) is 0 Å². The van der Waals surface area contributed by atoms with E-state index in [0.29, 0.717) is 0 Å². The monoisotopic (exact) mass is 262 g/mol. The van der Waals surface area contributed by atoms with E-state index < -0.39 is 0 Å². The topological polar surface area (TPSA) is 57.3 Å². The molecule has 2 heterocycles. The van der Waals surface area contributed by atoms with Gasteiger partial charge in [-0.15, -0.1) is 0 Å². The molecule has 5 heteroatoms. The van der Waals surface area contributed by atoms with Crippen LogP contribution in [0.3, 0.4) is 0 Å². The standard InChI is InChI=1S/C14H22N4O/c1-15-13-9-11(6-7-17-13)10-18-8-4-3-5-12(18)14(19)16-2/h6-7,9,12H,3-5,8,10H2,1-2H3,(H,15,17)(H,16,19). The molecule has 1 atom stereocenters. The van der Waals surface area contributed by atoms with Gasteiger partial charge in [-0.1, -0.05) is 6.42 Å². The number of carbonyl (C=O) groups is 1. The predicted octanol–water partition coefficient (Wildman–Crippen LogP) is 1.22. The fourth-order valence-electron chi connectivity index (χ4n) is 2.59. The summed E-state index contributed by atoms with van der Waals surface area (Å²) in [6.07, 6.45) is 5.05. The Balaban J connectivity index is 2.08. The van der Waals surface area contributed by atoms with Crippen molar-refractivity contribution in [2.45, 2.75) is 31.8 Å². The average Bonchev–Trinajstić information content (AvgIpc) is 2.47. The van der Waals surface area contributed by atoms with Crippen LogP contribution in [-0.2, 0) is 11.3 Å². The fraction of sp³-hybridized carbons (Fsp3) is 0.571. The van der Waals surface area contributed by atoms with Crippen LogP contribution in [0.25, 0.3) is 0 Å². The van der Waals surface area contributed by atoms with E-state index in [-0.39, 0.29) is 11.9 Å². The summed E-state index contributed by atoms with van der Waals surface area (Å²) in [5.74, 6) is 0.994. The van der Waals surface area contributed by atoms with Crippen LogP contribution in [-0.4, -0.2) is 42.5 Å². The Morgan fingerprint density at radius 2 is 2.32 bits per heavy atom. The van der Waals surface area contributed by atoms with Crippen LogP contribution >= 0.6 is 0 Å². The van der Waals surface area contributed by atoms with E-state index in [4.69, 9.17) is 0 Å². The molecule has 5 nitrogen and oxygen atoms in total. The summed E-state index contributed by atoms with van der Waals surface area (Å²) in [7, 11) is 3.57. The predicted molar refractivity (Wildman–Crippen MR) is 75.9 cm³/mol. The van der Waals surface area contributed by atoms with Crippen LogP contribution < -0.4 is 10.6 Å². The van der Waals surface area contributed by atoms with Crippen molar-refractivity contribution in [2.75, 3.05) is 26.0 Å². The smallest absolute Gasteiger partial charge is 0.237 e. The van der Waals surface area contributed by atoms with E-state index in [1.165, 1.54) is 5.56 Å². The van der Waals surface area contributed by atoms with Crippen LogP contribution in [0.15, 0.2) is 18.3 Å². The molecule has 1 fully saturated rings. The van der Waals surface area contributed by atoms with E-state index >= 15 is 0 Å². The Bertz CT molecular complexity index is 435. The van der Waals surface area contributed by atoms with Gasteiger partial charge in [0, 0.05) is 26.8 Å². The van der Waals surface area contributed by atoms with Crippen molar-refractivity contribution >= 4 is 11.7 Å². The van der Waals surface area contributed by atoms with Gasteiger partial charge in [0.2, 0.25) is 5.91 Å². The minimum atomic E-state index is 0.00458. The number of likely N-dealkylation sites (tertiary alicyclic amines) is 1. The van der Waals surface area contributed by atoms with Gasteiger partial charge in [-0.2, -0.15) is 0 Å². The summed E-state index contributed by atoms with van der Waals surface area (Å²) in [6.45, 7) is 1.78. The molecule has 0 spiro atoms. The van der Waals surface area contributed by atoms with E-state index in [0.717, 1.165) is 38.2 Å². The minimum Gasteiger partial charge on any atom is -0.373 e. The number of anilines is 1. The molecule has 1 unspecified atom stereocenters. The van der Waals surface area contributed by atoms with Crippen molar-refractivity contribution in [3.63, 3.8) is 0 Å². The highest BCUT2D eigenvalue weighted by atomic mass is 16.2. The average molecular weight is 262 g/mol. The Morgan fingerprint density at radius 1 is 1.47 bits per heavy atom. The van der Waals surface area contributed by atoms with Crippen molar-refractivity contribution in [3.05, 3.63) is 23.9 Å². The second-order valence-electron chi connectivity index (χ2n) is 4.90. The molecule has 0 aromatic carbocycles. The number of likely N-dealkylation sites (N-methyl/N-ethyl adjacent to an activating group) is 1. The van der Waals surface area contributed by atoms with E-state index in [1.54, 1.807) is 13.2 Å². The molecular weight excluding hydrogens is 240 g/mol. The third kappa shape index (κ3) is 3.44. The van der Waals surface area contributed by atoms with E-state index in [9.17, 15) is 4.79 Å². The maximum absolute atomic E-state index is 11.9. The molecule has 1 aromatic heterocycles. The lowest BCUT2D eigenvalue weighted by Gasteiger charge is -2.34. The number of hydrogen-bond acceptors (Lipinski definition) is 4. The third-order valence-corrected chi connectivity index (χ3v) is 3.63. The van der Waals surface area contributed by atoms with Gasteiger partial charge >= 0.3 is 0 Å². The number of nitrogens with one attached hydrogen (secondary N) is 2. The molecule has 104 valence electrons. The summed E-state index contributed by atoms with van der Waals surface area (Å²) >= 11 is 0. The number of pyridine rings is 1. The highest BCUT2D eigenvalue weighted by Crippen LogP contribution is 2.20. The van der Waals surface area contributed by atoms with Gasteiger partial charge in [-0.05, 0) is 37.1 Å². The van der Waals surface area contributed by atoms with Gasteiger partial charge in [-0.3, -0.25) is 9.69 Å². The van der Waals surface area contributed by atoms with Gasteiger partial charge < -0.3 is 10.6 Å². The molecular formula is C14H22N4O. The van der Waals surface area contributed by atoms with Crippen LogP contribution in [0.5, 0.6) is 0 Å². The second-order valence-corrected chi connectivity index (χ2v) is 4.90. The van der Waals surface area contributed by atoms with Crippen molar-refractivity contribution in [2.24, 2.45) is 0 Å². The van der Waals surface area contributed by atoms with Gasteiger partial charge in [0.1, 0.15) is 5.82 Å². The number of hydrogen-bond donors (Lipinski definition) is 2. The highest BCUT2D eigenvalue weighted by Gasteiger charge is 2.27. The maximum atomic E-state index is 11.9. The zero-order valence-corrected chi connectivity index (χ0v) is 11.6. The first-order valence-electron chi connectivity index (χ1n) is 6.83. The van der Waals surface area contributed by atoms with Crippen molar-refractivity contribution in [1.29, 1.82) is 0 Å². The van der Waals surface area contributed by atoms with Crippen molar-refractivity contribution < 1.29 is 4.79 Å². The number of carbonyl (C=O) groups excluding carboxylic acids is 1. The Kier molecular flexibility index (Phi) is 4.74. The largest absolute Gasteiger partial charge is 0.373 e. The lowest BCUT2D eigenvalue weighted by molar-refractivity contribution is -0.127. The molecule has 1 aliphatic rings. The molecule has 0 aliphatic carbocycles. The van der Waals surface area contributed by atoms with Crippen LogP contribution in [0.1, 0.15) is 24.8 Å². The van der Waals surface area contributed by atoms with Gasteiger partial charge in [0.05, 0.1) is 6.04 Å². The van der Waals surface area contributed by atoms with E-state index in [2.05, 4.69) is 20.5 Å². The maximum Gasteiger partial charge on any atom is 0.237 e. The Hall–Kier alpha value is -1.62. The zero-order valence-electron chi connectivity index (χ0n) is 11.6. The summed E-state index contributed by atoms with van der Waals surface area (Å²) in [4.78, 5) is 18.4. The normalized spacial score (nSPS) is 20.0. The first-order valence-corrected chi connectivity index (χ1v) is 6.83. The molecule has 1 amide bonds. The first kappa shape index (κ1) is 13.8. The molecule has 0 saturated carbocycles. The summed E-state index contributed by atoms with van der Waals surface area (Å²) in [5, 5.41) is 5.81. The number of nitrogens with zero attached hydrogens (tertiary/aromatic N) is 2. The third-order valence-electron chi connectivity index (χ3n) is 3.63. The van der Waals surface area contributed by atoms with Crippen LogP contribution in [0.4, 0.5) is 5.82 Å². The van der Waals surface area contributed by atoms with E-state index in [1.807, 2.05) is 19.2 Å². The number of rotatable bonds is 4. The number of aromatic nitrogens is 1. The summed E-state index contributed by atoms with van der Waals surface area (Å²) in [6, 6.07) is 4.05. The molecule has 0 radical (unpaired) electrons. The lowest BCUT2D eigenvalue weighted by Crippen LogP contribution is -2.48. The fourth-order valence-corrected chi connectivity index (χ4v) is 2.59. The molecule has 19 heavy (non-hydrogen) atoms. The lowest BCUT2D eigenvalue weighted by atomic mass is 10.0. The quantitative estimate of drug-likeness (QED) is 0.857. The number of piperidine rings is 1. The summed E-state index contributed by atoms with van der Waals surface area (Å²) in [5.41, 5.74) is 1.19. The molecule has 1 saturated heterocycles. The molecule has 1 aromatic rings. The van der Waals surface area contributed by atoms with Gasteiger partial charge in [-0.25, -0.2) is 4.98 Å².